The molecule has 0 aliphatic carbocycles. The minimum atomic E-state index is -3.68. The zero-order valence-electron chi connectivity index (χ0n) is 13.3. The third-order valence-electron chi connectivity index (χ3n) is 3.10. The Hall–Kier alpha value is -1.63. The van der Waals surface area contributed by atoms with Crippen molar-refractivity contribution in [3.8, 4) is 0 Å². The molecule has 0 aromatic heterocycles. The fourth-order valence-electron chi connectivity index (χ4n) is 2.07. The first kappa shape index (κ1) is 18.4. The first-order valence-electron chi connectivity index (χ1n) is 7.19. The molecule has 0 saturated heterocycles. The summed E-state index contributed by atoms with van der Waals surface area (Å²) in [7, 11) is -3.68. The van der Waals surface area contributed by atoms with Gasteiger partial charge in [-0.05, 0) is 36.6 Å². The molecule has 124 valence electrons. The number of hydrogen-bond acceptors (Lipinski definition) is 3. The smallest absolute Gasteiger partial charge is 0.243 e. The van der Waals surface area contributed by atoms with Crippen molar-refractivity contribution < 1.29 is 17.6 Å². The summed E-state index contributed by atoms with van der Waals surface area (Å²) in [5.41, 5.74) is 0.274. The first-order chi connectivity index (χ1) is 10.2. The van der Waals surface area contributed by atoms with Crippen LogP contribution in [0, 0.1) is 11.7 Å². The van der Waals surface area contributed by atoms with Crippen molar-refractivity contribution in [2.45, 2.75) is 33.2 Å². The van der Waals surface area contributed by atoms with E-state index in [1.165, 1.54) is 24.3 Å². The quantitative estimate of drug-likeness (QED) is 0.833. The van der Waals surface area contributed by atoms with E-state index in [1.807, 2.05) is 13.8 Å². The van der Waals surface area contributed by atoms with E-state index in [2.05, 4.69) is 5.32 Å². The summed E-state index contributed by atoms with van der Waals surface area (Å²) in [5.74, 6) is -0.556. The molecule has 22 heavy (non-hydrogen) atoms. The van der Waals surface area contributed by atoms with Crippen molar-refractivity contribution >= 4 is 21.6 Å². The molecule has 0 spiro atoms. The lowest BCUT2D eigenvalue weighted by Gasteiger charge is -2.30. The van der Waals surface area contributed by atoms with Gasteiger partial charge < -0.3 is 5.32 Å². The van der Waals surface area contributed by atoms with Gasteiger partial charge in [-0.15, -0.1) is 0 Å². The van der Waals surface area contributed by atoms with E-state index in [4.69, 9.17) is 0 Å². The lowest BCUT2D eigenvalue weighted by atomic mass is 10.1. The van der Waals surface area contributed by atoms with Crippen LogP contribution in [0.1, 0.15) is 27.2 Å². The molecular weight excluding hydrogens is 307 g/mol. The number of carbonyl (C=O) groups is 1. The molecule has 7 heteroatoms. The molecule has 0 unspecified atom stereocenters. The molecule has 0 aliphatic heterocycles. The van der Waals surface area contributed by atoms with Gasteiger partial charge in [0.25, 0.3) is 0 Å². The molecule has 1 amide bonds. The van der Waals surface area contributed by atoms with Gasteiger partial charge in [-0.25, -0.2) is 12.8 Å². The van der Waals surface area contributed by atoms with Crippen LogP contribution in [0.5, 0.6) is 0 Å². The van der Waals surface area contributed by atoms with Crippen LogP contribution in [0.3, 0.4) is 0 Å². The molecule has 0 fully saturated rings. The molecule has 0 bridgehead atoms. The minimum Gasteiger partial charge on any atom is -0.354 e. The molecule has 0 saturated carbocycles. The van der Waals surface area contributed by atoms with E-state index in [-0.39, 0.29) is 17.5 Å². The second-order valence-corrected chi connectivity index (χ2v) is 7.46. The molecule has 1 rings (SSSR count). The Balaban J connectivity index is 3.14. The predicted octanol–water partition coefficient (Wildman–Crippen LogP) is 2.14. The maximum absolute atomic E-state index is 13.1. The van der Waals surface area contributed by atoms with E-state index in [1.54, 1.807) is 6.92 Å². The molecule has 0 aliphatic rings. The van der Waals surface area contributed by atoms with Crippen LogP contribution in [0.25, 0.3) is 0 Å². The minimum absolute atomic E-state index is 0.263. The third-order valence-corrected chi connectivity index (χ3v) is 4.28. The second kappa shape index (κ2) is 7.58. The molecule has 1 atom stereocenters. The summed E-state index contributed by atoms with van der Waals surface area (Å²) in [5, 5.41) is 2.75. The van der Waals surface area contributed by atoms with Crippen molar-refractivity contribution in [1.82, 2.24) is 5.32 Å². The normalized spacial score (nSPS) is 13.0. The summed E-state index contributed by atoms with van der Waals surface area (Å²) >= 11 is 0. The number of nitrogens with one attached hydrogen (secondary N) is 1. The van der Waals surface area contributed by atoms with E-state index in [0.717, 1.165) is 10.6 Å². The zero-order chi connectivity index (χ0) is 16.9. The third kappa shape index (κ3) is 4.98. The van der Waals surface area contributed by atoms with E-state index >= 15 is 0 Å². The molecule has 0 radical (unpaired) electrons. The predicted molar refractivity (Wildman–Crippen MR) is 85.6 cm³/mol. The van der Waals surface area contributed by atoms with E-state index in [9.17, 15) is 17.6 Å². The molecule has 1 aromatic rings. The maximum atomic E-state index is 13.1. The van der Waals surface area contributed by atoms with Crippen LogP contribution in [0.2, 0.25) is 0 Å². The van der Waals surface area contributed by atoms with Crippen molar-refractivity contribution in [1.29, 1.82) is 0 Å². The van der Waals surface area contributed by atoms with Crippen LogP contribution in [-0.4, -0.2) is 33.2 Å². The van der Waals surface area contributed by atoms with Crippen molar-refractivity contribution in [2.24, 2.45) is 5.92 Å². The van der Waals surface area contributed by atoms with Crippen molar-refractivity contribution in [2.75, 3.05) is 17.1 Å². The Kier molecular flexibility index (Phi) is 6.34. The highest BCUT2D eigenvalue weighted by Gasteiger charge is 2.31. The molecule has 0 heterocycles. The number of benzene rings is 1. The lowest BCUT2D eigenvalue weighted by Crippen LogP contribution is -2.49. The fourth-order valence-corrected chi connectivity index (χ4v) is 3.28. The number of carbonyl (C=O) groups excluding carboxylic acids is 1. The summed E-state index contributed by atoms with van der Waals surface area (Å²) in [6.07, 6.45) is 1.35. The highest BCUT2D eigenvalue weighted by atomic mass is 32.2. The second-order valence-electron chi connectivity index (χ2n) is 5.60. The lowest BCUT2D eigenvalue weighted by molar-refractivity contribution is -0.122. The Labute approximate surface area is 131 Å². The van der Waals surface area contributed by atoms with E-state index < -0.39 is 21.9 Å². The molecule has 5 nitrogen and oxygen atoms in total. The van der Waals surface area contributed by atoms with Gasteiger partial charge in [0.2, 0.25) is 15.9 Å². The largest absolute Gasteiger partial charge is 0.354 e. The molecular formula is C15H23FN2O3S. The summed E-state index contributed by atoms with van der Waals surface area (Å²) in [4.78, 5) is 12.3. The SMILES string of the molecule is CC[C@@H](C(=O)NCC(C)C)N(c1ccc(F)cc1)S(C)(=O)=O. The van der Waals surface area contributed by atoms with Crippen LogP contribution >= 0.6 is 0 Å². The monoisotopic (exact) mass is 330 g/mol. The fraction of sp³-hybridized carbons (Fsp3) is 0.533. The highest BCUT2D eigenvalue weighted by molar-refractivity contribution is 7.92. The number of sulfonamides is 1. The average Bonchev–Trinajstić information content (AvgIpc) is 2.42. The summed E-state index contributed by atoms with van der Waals surface area (Å²) < 4.78 is 38.3. The highest BCUT2D eigenvalue weighted by Crippen LogP contribution is 2.22. The Morgan fingerprint density at radius 3 is 2.23 bits per heavy atom. The first-order valence-corrected chi connectivity index (χ1v) is 9.04. The zero-order valence-corrected chi connectivity index (χ0v) is 14.2. The number of anilines is 1. The number of hydrogen-bond donors (Lipinski definition) is 1. The number of rotatable bonds is 7. The number of halogens is 1. The van der Waals surface area contributed by atoms with Gasteiger partial charge in [0.15, 0.2) is 0 Å². The van der Waals surface area contributed by atoms with Crippen LogP contribution in [0.15, 0.2) is 24.3 Å². The standard InChI is InChI=1S/C15H23FN2O3S/c1-5-14(15(19)17-10-11(2)3)18(22(4,20)21)13-8-6-12(16)7-9-13/h6-9,11,14H,5,10H2,1-4H3,(H,17,19)/t14-/m0/s1. The molecule has 1 aromatic carbocycles. The van der Waals surface area contributed by atoms with Gasteiger partial charge in [0, 0.05) is 6.54 Å². The van der Waals surface area contributed by atoms with Crippen LogP contribution in [0.4, 0.5) is 10.1 Å². The van der Waals surface area contributed by atoms with E-state index in [0.29, 0.717) is 13.0 Å². The summed E-state index contributed by atoms with van der Waals surface area (Å²) in [6.45, 7) is 6.11. The Morgan fingerprint density at radius 1 is 1.27 bits per heavy atom. The van der Waals surface area contributed by atoms with Gasteiger partial charge in [0.1, 0.15) is 11.9 Å². The van der Waals surface area contributed by atoms with Gasteiger partial charge >= 0.3 is 0 Å². The van der Waals surface area contributed by atoms with Gasteiger partial charge in [-0.3, -0.25) is 9.10 Å². The van der Waals surface area contributed by atoms with Crippen LogP contribution in [-0.2, 0) is 14.8 Å². The molecule has 1 N–H and O–H groups in total. The number of amides is 1. The Morgan fingerprint density at radius 2 is 1.82 bits per heavy atom. The van der Waals surface area contributed by atoms with Crippen molar-refractivity contribution in [3.63, 3.8) is 0 Å². The van der Waals surface area contributed by atoms with Gasteiger partial charge in [-0.2, -0.15) is 0 Å². The number of nitrogens with zero attached hydrogens (tertiary/aromatic N) is 1. The average molecular weight is 330 g/mol. The van der Waals surface area contributed by atoms with Crippen molar-refractivity contribution in [3.05, 3.63) is 30.1 Å². The summed E-state index contributed by atoms with van der Waals surface area (Å²) in [6, 6.07) is 4.20. The Bertz CT molecular complexity index is 600. The van der Waals surface area contributed by atoms with Gasteiger partial charge in [0.05, 0.1) is 11.9 Å². The maximum Gasteiger partial charge on any atom is 0.243 e. The van der Waals surface area contributed by atoms with Gasteiger partial charge in [-0.1, -0.05) is 20.8 Å². The van der Waals surface area contributed by atoms with Crippen LogP contribution < -0.4 is 9.62 Å². The topological polar surface area (TPSA) is 66.5 Å².